The number of hydrogen-bond acceptors (Lipinski definition) is 8. The SMILES string of the molecule is C=C(/C=C(\C=C/C)NC(=O)c1cnc(OC)cn1)[C@]12CO[C@@H](C)C[C@@]1(C)CSC(N)=N2. The van der Waals surface area contributed by atoms with Gasteiger partial charge in [0.2, 0.25) is 5.88 Å². The summed E-state index contributed by atoms with van der Waals surface area (Å²) in [5.74, 6) is 0.781. The Kier molecular flexibility index (Phi) is 6.86. The summed E-state index contributed by atoms with van der Waals surface area (Å²) in [5, 5.41) is 3.40. The highest BCUT2D eigenvalue weighted by Crippen LogP contribution is 2.52. The van der Waals surface area contributed by atoms with Gasteiger partial charge in [0.05, 0.1) is 32.2 Å². The number of rotatable bonds is 6. The monoisotopic (exact) mass is 443 g/mol. The van der Waals surface area contributed by atoms with E-state index in [9.17, 15) is 4.79 Å². The van der Waals surface area contributed by atoms with Gasteiger partial charge in [-0.1, -0.05) is 31.3 Å². The molecule has 1 saturated heterocycles. The van der Waals surface area contributed by atoms with Crippen molar-refractivity contribution in [3.05, 3.63) is 54.2 Å². The number of hydrogen-bond donors (Lipinski definition) is 2. The highest BCUT2D eigenvalue weighted by Gasteiger charge is 2.55. The van der Waals surface area contributed by atoms with Crippen LogP contribution in [0.25, 0.3) is 0 Å². The van der Waals surface area contributed by atoms with Gasteiger partial charge < -0.3 is 20.5 Å². The summed E-state index contributed by atoms with van der Waals surface area (Å²) in [6.45, 7) is 10.9. The van der Waals surface area contributed by atoms with E-state index in [1.807, 2.05) is 19.1 Å². The Hall–Kier alpha value is -2.65. The number of amides is 1. The number of amidine groups is 1. The average molecular weight is 444 g/mol. The van der Waals surface area contributed by atoms with Gasteiger partial charge in [0.25, 0.3) is 5.91 Å². The van der Waals surface area contributed by atoms with Crippen LogP contribution in [0.5, 0.6) is 5.88 Å². The highest BCUT2D eigenvalue weighted by atomic mass is 32.2. The molecule has 3 N–H and O–H groups in total. The van der Waals surface area contributed by atoms with Crippen LogP contribution in [0.2, 0.25) is 0 Å². The van der Waals surface area contributed by atoms with Crippen LogP contribution in [0.15, 0.2) is 53.5 Å². The van der Waals surface area contributed by atoms with Crippen LogP contribution in [0, 0.1) is 5.41 Å². The third-order valence-electron chi connectivity index (χ3n) is 5.69. The van der Waals surface area contributed by atoms with Crippen LogP contribution >= 0.6 is 11.8 Å². The zero-order valence-corrected chi connectivity index (χ0v) is 19.2. The minimum Gasteiger partial charge on any atom is -0.480 e. The Morgan fingerprint density at radius 3 is 2.87 bits per heavy atom. The molecular formula is C22H29N5O3S. The molecule has 8 nitrogen and oxygen atoms in total. The number of aromatic nitrogens is 2. The number of allylic oxidation sites excluding steroid dienone is 2. The van der Waals surface area contributed by atoms with Gasteiger partial charge in [-0.3, -0.25) is 4.79 Å². The summed E-state index contributed by atoms with van der Waals surface area (Å²) < 4.78 is 11.0. The maximum absolute atomic E-state index is 12.7. The molecule has 1 amide bonds. The number of carbonyl (C=O) groups excluding carboxylic acids is 1. The van der Waals surface area contributed by atoms with Gasteiger partial charge >= 0.3 is 0 Å². The maximum Gasteiger partial charge on any atom is 0.275 e. The molecule has 1 fully saturated rings. The first kappa shape index (κ1) is 23.0. The molecule has 166 valence electrons. The zero-order valence-electron chi connectivity index (χ0n) is 18.3. The van der Waals surface area contributed by atoms with Crippen molar-refractivity contribution in [2.45, 2.75) is 38.8 Å². The lowest BCUT2D eigenvalue weighted by Gasteiger charge is -2.53. The molecule has 0 saturated carbocycles. The summed E-state index contributed by atoms with van der Waals surface area (Å²) in [4.78, 5) is 25.6. The number of nitrogens with two attached hydrogens (primary N) is 1. The summed E-state index contributed by atoms with van der Waals surface area (Å²) >= 11 is 1.56. The van der Waals surface area contributed by atoms with E-state index in [-0.39, 0.29) is 23.1 Å². The van der Waals surface area contributed by atoms with Gasteiger partial charge in [-0.05, 0) is 38.0 Å². The first-order chi connectivity index (χ1) is 14.7. The number of nitrogens with zero attached hydrogens (tertiary/aromatic N) is 3. The van der Waals surface area contributed by atoms with E-state index in [1.54, 1.807) is 17.8 Å². The van der Waals surface area contributed by atoms with Crippen LogP contribution < -0.4 is 15.8 Å². The average Bonchev–Trinajstić information content (AvgIpc) is 2.74. The standard InChI is InChI=1S/C22H29N5O3S/c1-6-7-16(26-19(28)17-10-25-18(29-5)11-24-17)8-14(2)22-12-30-15(3)9-21(22,4)13-31-20(23)27-22/h6-8,10-11,15H,2,9,12-13H2,1,3-5H3,(H2,23,27)(H,26,28)/b7-6-,16-8+/t15-,21-,22+/m0/s1. The number of methoxy groups -OCH3 is 1. The molecule has 2 aliphatic heterocycles. The van der Waals surface area contributed by atoms with Crippen LogP contribution in [0.4, 0.5) is 0 Å². The van der Waals surface area contributed by atoms with Crippen LogP contribution in [-0.4, -0.2) is 52.2 Å². The fourth-order valence-electron chi connectivity index (χ4n) is 4.00. The minimum absolute atomic E-state index is 0.133. The predicted octanol–water partition coefficient (Wildman–Crippen LogP) is 2.85. The number of fused-ring (bicyclic) bond motifs is 1. The van der Waals surface area contributed by atoms with E-state index < -0.39 is 5.54 Å². The lowest BCUT2D eigenvalue weighted by molar-refractivity contribution is -0.0680. The Bertz CT molecular complexity index is 943. The molecule has 0 aromatic carbocycles. The normalized spacial score (nSPS) is 28.6. The van der Waals surface area contributed by atoms with Crippen LogP contribution in [-0.2, 0) is 4.74 Å². The van der Waals surface area contributed by atoms with E-state index in [2.05, 4.69) is 35.7 Å². The molecule has 1 aromatic rings. The second kappa shape index (κ2) is 9.23. The quantitative estimate of drug-likeness (QED) is 0.650. The molecule has 1 aromatic heterocycles. The Labute approximate surface area is 187 Å². The Morgan fingerprint density at radius 1 is 1.45 bits per heavy atom. The third-order valence-corrected chi connectivity index (χ3v) is 6.86. The van der Waals surface area contributed by atoms with Gasteiger partial charge in [-0.25, -0.2) is 15.0 Å². The molecule has 0 unspecified atom stereocenters. The molecule has 3 heterocycles. The molecule has 31 heavy (non-hydrogen) atoms. The van der Waals surface area contributed by atoms with Gasteiger partial charge in [0.1, 0.15) is 11.2 Å². The lowest BCUT2D eigenvalue weighted by atomic mass is 9.64. The van der Waals surface area contributed by atoms with Crippen molar-refractivity contribution < 1.29 is 14.3 Å². The Morgan fingerprint density at radius 2 is 2.23 bits per heavy atom. The van der Waals surface area contributed by atoms with Gasteiger partial charge in [-0.15, -0.1) is 0 Å². The van der Waals surface area contributed by atoms with Crippen molar-refractivity contribution in [1.82, 2.24) is 15.3 Å². The lowest BCUT2D eigenvalue weighted by Crippen LogP contribution is -2.59. The number of ether oxygens (including phenoxy) is 2. The summed E-state index contributed by atoms with van der Waals surface area (Å²) in [6.07, 6.45) is 9.21. The maximum atomic E-state index is 12.7. The summed E-state index contributed by atoms with van der Waals surface area (Å²) in [7, 11) is 1.49. The fourth-order valence-corrected chi connectivity index (χ4v) is 5.04. The predicted molar refractivity (Wildman–Crippen MR) is 123 cm³/mol. The van der Waals surface area contributed by atoms with Crippen molar-refractivity contribution in [2.75, 3.05) is 19.5 Å². The summed E-state index contributed by atoms with van der Waals surface area (Å²) in [6, 6.07) is 0. The molecule has 0 aliphatic carbocycles. The second-order valence-electron chi connectivity index (χ2n) is 8.01. The smallest absolute Gasteiger partial charge is 0.275 e. The molecule has 0 bridgehead atoms. The molecule has 0 radical (unpaired) electrons. The van der Waals surface area contributed by atoms with Crippen molar-refractivity contribution in [1.29, 1.82) is 0 Å². The van der Waals surface area contributed by atoms with Crippen LogP contribution in [0.3, 0.4) is 0 Å². The topological polar surface area (TPSA) is 112 Å². The molecule has 9 heteroatoms. The molecule has 3 atom stereocenters. The van der Waals surface area contributed by atoms with E-state index in [4.69, 9.17) is 20.2 Å². The molecular weight excluding hydrogens is 414 g/mol. The highest BCUT2D eigenvalue weighted by molar-refractivity contribution is 8.13. The van der Waals surface area contributed by atoms with Crippen molar-refractivity contribution >= 4 is 22.8 Å². The number of nitrogens with one attached hydrogen (secondary N) is 1. The first-order valence-electron chi connectivity index (χ1n) is 10.0. The number of aliphatic imine (C=N–C) groups is 1. The van der Waals surface area contributed by atoms with Gasteiger partial charge in [0.15, 0.2) is 5.17 Å². The first-order valence-corrected chi connectivity index (χ1v) is 11.0. The molecule has 3 rings (SSSR count). The van der Waals surface area contributed by atoms with Gasteiger partial charge in [-0.2, -0.15) is 0 Å². The molecule has 2 aliphatic rings. The third kappa shape index (κ3) is 4.67. The van der Waals surface area contributed by atoms with Crippen molar-refractivity contribution in [2.24, 2.45) is 16.1 Å². The van der Waals surface area contributed by atoms with E-state index in [0.29, 0.717) is 23.4 Å². The van der Waals surface area contributed by atoms with Crippen molar-refractivity contribution in [3.63, 3.8) is 0 Å². The number of carbonyl (C=O) groups is 1. The second-order valence-corrected chi connectivity index (χ2v) is 9.00. The number of thioether (sulfide) groups is 1. The minimum atomic E-state index is -0.688. The molecule has 0 spiro atoms. The van der Waals surface area contributed by atoms with Crippen LogP contribution in [0.1, 0.15) is 37.7 Å². The fraction of sp³-hybridized carbons (Fsp3) is 0.455. The van der Waals surface area contributed by atoms with E-state index in [1.165, 1.54) is 19.5 Å². The zero-order chi connectivity index (χ0) is 22.6. The van der Waals surface area contributed by atoms with Crippen molar-refractivity contribution in [3.8, 4) is 5.88 Å². The summed E-state index contributed by atoms with van der Waals surface area (Å²) in [5.41, 5.74) is 6.74. The van der Waals surface area contributed by atoms with E-state index >= 15 is 0 Å². The Balaban J connectivity index is 1.90. The van der Waals surface area contributed by atoms with Gasteiger partial charge in [0, 0.05) is 16.9 Å². The van der Waals surface area contributed by atoms with E-state index in [0.717, 1.165) is 17.7 Å². The largest absolute Gasteiger partial charge is 0.480 e.